The first kappa shape index (κ1) is 13.3. The van der Waals surface area contributed by atoms with E-state index in [1.807, 2.05) is 19.1 Å². The molecule has 0 aromatic carbocycles. The SMILES string of the molecule is CC(CO)CSC(CN)c1ccc(Cl)s1. The topological polar surface area (TPSA) is 46.2 Å². The molecule has 2 nitrogen and oxygen atoms in total. The molecule has 1 aromatic heterocycles. The van der Waals surface area contributed by atoms with Gasteiger partial charge in [-0.15, -0.1) is 11.3 Å². The second-order valence-electron chi connectivity index (χ2n) is 3.49. The molecule has 0 spiro atoms. The molecule has 0 aliphatic carbocycles. The van der Waals surface area contributed by atoms with Crippen molar-refractivity contribution in [3.05, 3.63) is 21.3 Å². The maximum absolute atomic E-state index is 8.93. The van der Waals surface area contributed by atoms with Gasteiger partial charge in [-0.2, -0.15) is 11.8 Å². The van der Waals surface area contributed by atoms with Gasteiger partial charge in [0.15, 0.2) is 0 Å². The Hall–Kier alpha value is 0.260. The highest BCUT2D eigenvalue weighted by atomic mass is 35.5. The lowest BCUT2D eigenvalue weighted by molar-refractivity contribution is 0.250. The van der Waals surface area contributed by atoms with Crippen molar-refractivity contribution >= 4 is 34.7 Å². The Bertz CT molecular complexity index is 293. The average molecular weight is 266 g/mol. The van der Waals surface area contributed by atoms with Crippen LogP contribution in [-0.4, -0.2) is 24.0 Å². The molecule has 0 amide bonds. The minimum atomic E-state index is 0.232. The fraction of sp³-hybridized carbons (Fsp3) is 0.600. The Kier molecular flexibility index (Phi) is 6.00. The lowest BCUT2D eigenvalue weighted by Crippen LogP contribution is -2.11. The molecular weight excluding hydrogens is 250 g/mol. The molecule has 0 radical (unpaired) electrons. The van der Waals surface area contributed by atoms with Crippen molar-refractivity contribution in [2.75, 3.05) is 18.9 Å². The van der Waals surface area contributed by atoms with Gasteiger partial charge in [0.2, 0.25) is 0 Å². The number of rotatable bonds is 6. The van der Waals surface area contributed by atoms with Crippen molar-refractivity contribution in [2.45, 2.75) is 12.2 Å². The van der Waals surface area contributed by atoms with Gasteiger partial charge in [0.1, 0.15) is 0 Å². The number of hydrogen-bond donors (Lipinski definition) is 2. The minimum Gasteiger partial charge on any atom is -0.396 e. The van der Waals surface area contributed by atoms with E-state index in [0.29, 0.717) is 17.7 Å². The minimum absolute atomic E-state index is 0.232. The molecule has 1 rings (SSSR count). The van der Waals surface area contributed by atoms with Crippen LogP contribution in [0, 0.1) is 5.92 Å². The van der Waals surface area contributed by atoms with Gasteiger partial charge >= 0.3 is 0 Å². The zero-order valence-corrected chi connectivity index (χ0v) is 11.0. The second kappa shape index (κ2) is 6.76. The van der Waals surface area contributed by atoms with Crippen LogP contribution in [0.2, 0.25) is 4.34 Å². The molecule has 0 aliphatic heterocycles. The van der Waals surface area contributed by atoms with E-state index in [4.69, 9.17) is 22.4 Å². The van der Waals surface area contributed by atoms with Crippen LogP contribution in [-0.2, 0) is 0 Å². The zero-order valence-electron chi connectivity index (χ0n) is 8.65. The summed E-state index contributed by atoms with van der Waals surface area (Å²) in [4.78, 5) is 1.22. The molecule has 15 heavy (non-hydrogen) atoms. The van der Waals surface area contributed by atoms with Crippen molar-refractivity contribution in [1.82, 2.24) is 0 Å². The quantitative estimate of drug-likeness (QED) is 0.832. The van der Waals surface area contributed by atoms with E-state index in [-0.39, 0.29) is 6.61 Å². The van der Waals surface area contributed by atoms with Gasteiger partial charge in [-0.3, -0.25) is 0 Å². The van der Waals surface area contributed by atoms with Crippen molar-refractivity contribution in [3.8, 4) is 0 Å². The molecular formula is C10H16ClNOS2. The summed E-state index contributed by atoms with van der Waals surface area (Å²) < 4.78 is 0.805. The van der Waals surface area contributed by atoms with E-state index in [1.165, 1.54) is 4.88 Å². The van der Waals surface area contributed by atoms with Crippen molar-refractivity contribution < 1.29 is 5.11 Å². The van der Waals surface area contributed by atoms with Crippen LogP contribution < -0.4 is 5.73 Å². The van der Waals surface area contributed by atoms with E-state index in [9.17, 15) is 0 Å². The van der Waals surface area contributed by atoms with Crippen LogP contribution in [0.25, 0.3) is 0 Å². The first-order valence-corrected chi connectivity index (χ1v) is 7.09. The van der Waals surface area contributed by atoms with E-state index in [2.05, 4.69) is 0 Å². The Morgan fingerprint density at radius 3 is 2.80 bits per heavy atom. The zero-order chi connectivity index (χ0) is 11.3. The van der Waals surface area contributed by atoms with Gasteiger partial charge in [-0.05, 0) is 23.8 Å². The maximum Gasteiger partial charge on any atom is 0.0931 e. The predicted molar refractivity (Wildman–Crippen MR) is 69.8 cm³/mol. The Morgan fingerprint density at radius 2 is 2.33 bits per heavy atom. The smallest absolute Gasteiger partial charge is 0.0931 e. The molecule has 3 N–H and O–H groups in total. The Balaban J connectivity index is 2.49. The summed E-state index contributed by atoms with van der Waals surface area (Å²) in [7, 11) is 0. The van der Waals surface area contributed by atoms with Crippen molar-refractivity contribution in [2.24, 2.45) is 11.7 Å². The molecule has 0 saturated carbocycles. The standard InChI is InChI=1S/C10H16ClNOS2/c1-7(5-13)6-14-9(4-12)8-2-3-10(11)15-8/h2-3,7,9,13H,4-6,12H2,1H3. The van der Waals surface area contributed by atoms with Crippen LogP contribution in [0.1, 0.15) is 17.1 Å². The number of aliphatic hydroxyl groups excluding tert-OH is 1. The highest BCUT2D eigenvalue weighted by molar-refractivity contribution is 7.99. The normalized spacial score (nSPS) is 15.2. The molecule has 5 heteroatoms. The summed E-state index contributed by atoms with van der Waals surface area (Å²) in [6, 6.07) is 3.93. The van der Waals surface area contributed by atoms with E-state index in [1.54, 1.807) is 23.1 Å². The summed E-state index contributed by atoms with van der Waals surface area (Å²) in [6.45, 7) is 2.87. The van der Waals surface area contributed by atoms with Gasteiger partial charge in [0, 0.05) is 18.0 Å². The maximum atomic E-state index is 8.93. The first-order chi connectivity index (χ1) is 7.17. The fourth-order valence-electron chi connectivity index (χ4n) is 1.10. The lowest BCUT2D eigenvalue weighted by atomic mass is 10.2. The van der Waals surface area contributed by atoms with Crippen LogP contribution >= 0.6 is 34.7 Å². The fourth-order valence-corrected chi connectivity index (χ4v) is 3.55. The number of aliphatic hydroxyl groups is 1. The third kappa shape index (κ3) is 4.33. The molecule has 0 fully saturated rings. The largest absolute Gasteiger partial charge is 0.396 e. The summed E-state index contributed by atoms with van der Waals surface area (Å²) in [5, 5.41) is 9.23. The highest BCUT2D eigenvalue weighted by Gasteiger charge is 2.13. The molecule has 1 aromatic rings. The monoisotopic (exact) mass is 265 g/mol. The third-order valence-electron chi connectivity index (χ3n) is 2.02. The summed E-state index contributed by atoms with van der Waals surface area (Å²) >= 11 is 9.25. The number of thioether (sulfide) groups is 1. The first-order valence-electron chi connectivity index (χ1n) is 4.85. The van der Waals surface area contributed by atoms with Gasteiger partial charge < -0.3 is 10.8 Å². The van der Waals surface area contributed by atoms with Crippen LogP contribution in [0.15, 0.2) is 12.1 Å². The van der Waals surface area contributed by atoms with Crippen LogP contribution in [0.4, 0.5) is 0 Å². The average Bonchev–Trinajstić information content (AvgIpc) is 2.65. The summed E-state index contributed by atoms with van der Waals surface area (Å²) in [6.07, 6.45) is 0. The van der Waals surface area contributed by atoms with Crippen molar-refractivity contribution in [3.63, 3.8) is 0 Å². The number of nitrogens with two attached hydrogens (primary N) is 1. The van der Waals surface area contributed by atoms with Crippen molar-refractivity contribution in [1.29, 1.82) is 0 Å². The summed E-state index contributed by atoms with van der Waals surface area (Å²) in [5.41, 5.74) is 5.72. The van der Waals surface area contributed by atoms with E-state index in [0.717, 1.165) is 10.1 Å². The lowest BCUT2D eigenvalue weighted by Gasteiger charge is -2.14. The number of hydrogen-bond acceptors (Lipinski definition) is 4. The van der Waals surface area contributed by atoms with Gasteiger partial charge in [-0.1, -0.05) is 18.5 Å². The Morgan fingerprint density at radius 1 is 1.60 bits per heavy atom. The van der Waals surface area contributed by atoms with Gasteiger partial charge in [-0.25, -0.2) is 0 Å². The molecule has 86 valence electrons. The summed E-state index contributed by atoms with van der Waals surface area (Å²) in [5.74, 6) is 1.24. The molecule has 1 heterocycles. The molecule has 0 saturated heterocycles. The van der Waals surface area contributed by atoms with E-state index >= 15 is 0 Å². The van der Waals surface area contributed by atoms with Crippen LogP contribution in [0.3, 0.4) is 0 Å². The number of halogens is 1. The Labute approximate surface area is 104 Å². The second-order valence-corrected chi connectivity index (χ2v) is 6.47. The van der Waals surface area contributed by atoms with Gasteiger partial charge in [0.05, 0.1) is 9.59 Å². The van der Waals surface area contributed by atoms with E-state index < -0.39 is 0 Å². The molecule has 2 atom stereocenters. The molecule has 0 aliphatic rings. The number of thiophene rings is 1. The third-order valence-corrected chi connectivity index (χ3v) is 5.12. The van der Waals surface area contributed by atoms with Gasteiger partial charge in [0.25, 0.3) is 0 Å². The molecule has 2 unspecified atom stereocenters. The predicted octanol–water partition coefficient (Wildman–Crippen LogP) is 2.76. The molecule has 0 bridgehead atoms. The van der Waals surface area contributed by atoms with Crippen LogP contribution in [0.5, 0.6) is 0 Å². The highest BCUT2D eigenvalue weighted by Crippen LogP contribution is 2.35.